The molecule has 178 valence electrons. The van der Waals surface area contributed by atoms with Gasteiger partial charge in [0.1, 0.15) is 18.4 Å². The van der Waals surface area contributed by atoms with Gasteiger partial charge >= 0.3 is 11.7 Å². The van der Waals surface area contributed by atoms with Crippen molar-refractivity contribution in [2.75, 3.05) is 6.61 Å². The summed E-state index contributed by atoms with van der Waals surface area (Å²) in [5, 5.41) is -0.0123. The maximum atomic E-state index is 12.7. The van der Waals surface area contributed by atoms with Gasteiger partial charge in [-0.25, -0.2) is 9.59 Å². The van der Waals surface area contributed by atoms with Gasteiger partial charge in [-0.15, -0.1) is 0 Å². The van der Waals surface area contributed by atoms with E-state index < -0.39 is 44.0 Å². The molecule has 1 fully saturated rings. The maximum absolute atomic E-state index is 12.7. The van der Waals surface area contributed by atoms with Crippen LogP contribution in [0.5, 0.6) is 0 Å². The monoisotopic (exact) mass is 473 g/mol. The number of esters is 1. The van der Waals surface area contributed by atoms with E-state index in [9.17, 15) is 14.4 Å². The molecule has 0 radical (unpaired) electrons. The van der Waals surface area contributed by atoms with Crippen LogP contribution in [0.2, 0.25) is 18.1 Å². The van der Waals surface area contributed by atoms with E-state index in [2.05, 4.69) is 50.4 Å². The Hall–Kier alpha value is -2.82. The summed E-state index contributed by atoms with van der Waals surface area (Å²) in [7, 11) is -2.10. The molecule has 0 unspecified atom stereocenters. The van der Waals surface area contributed by atoms with Gasteiger partial charge in [-0.2, -0.15) is 0 Å². The lowest BCUT2D eigenvalue weighted by atomic mass is 10.2. The molecule has 1 saturated heterocycles. The zero-order chi connectivity index (χ0) is 24.4. The molecule has 2 aromatic rings. The Morgan fingerprint density at radius 1 is 1.39 bits per heavy atom. The lowest BCUT2D eigenvalue weighted by Gasteiger charge is -2.37. The number of aromatic amines is 1. The van der Waals surface area contributed by atoms with Crippen LogP contribution < -0.4 is 11.2 Å². The largest absolute Gasteiger partial charge is 0.456 e. The van der Waals surface area contributed by atoms with Crippen LogP contribution in [0.15, 0.2) is 46.9 Å². The van der Waals surface area contributed by atoms with Gasteiger partial charge in [-0.05, 0) is 30.3 Å². The van der Waals surface area contributed by atoms with Gasteiger partial charge in [0.15, 0.2) is 8.32 Å². The molecule has 0 bridgehead atoms. The Morgan fingerprint density at radius 2 is 2.12 bits per heavy atom. The third kappa shape index (κ3) is 5.57. The fourth-order valence-corrected chi connectivity index (χ4v) is 4.22. The molecule has 1 aliphatic rings. The number of rotatable bonds is 7. The van der Waals surface area contributed by atoms with Crippen molar-refractivity contribution >= 4 is 20.4 Å². The maximum Gasteiger partial charge on any atom is 0.340 e. The second-order valence-electron chi connectivity index (χ2n) is 9.58. The fraction of sp³-hybridized carbons (Fsp3) is 0.478. The number of hydrogen-bond donors (Lipinski definition) is 1. The number of pyridine rings is 1. The molecular weight excluding hydrogens is 442 g/mol. The van der Waals surface area contributed by atoms with Crippen LogP contribution in [-0.2, 0) is 13.9 Å². The summed E-state index contributed by atoms with van der Waals surface area (Å²) in [6, 6.07) is 3.27. The number of nitrogens with one attached hydrogen (secondary N) is 1. The van der Waals surface area contributed by atoms with Crippen molar-refractivity contribution in [2.24, 2.45) is 0 Å². The zero-order valence-corrected chi connectivity index (χ0v) is 20.7. The first kappa shape index (κ1) is 24.8. The van der Waals surface area contributed by atoms with Gasteiger partial charge in [0.25, 0.3) is 5.56 Å². The van der Waals surface area contributed by atoms with E-state index in [-0.39, 0.29) is 23.6 Å². The molecule has 3 heterocycles. The number of aromatic nitrogens is 3. The molecule has 0 spiro atoms. The molecule has 0 saturated carbocycles. The van der Waals surface area contributed by atoms with Crippen molar-refractivity contribution in [1.29, 1.82) is 0 Å². The quantitative estimate of drug-likeness (QED) is 0.486. The lowest BCUT2D eigenvalue weighted by Crippen LogP contribution is -2.44. The van der Waals surface area contributed by atoms with Crippen LogP contribution in [0.1, 0.15) is 49.3 Å². The van der Waals surface area contributed by atoms with E-state index in [1.54, 1.807) is 18.3 Å². The summed E-state index contributed by atoms with van der Waals surface area (Å²) in [5.41, 5.74) is -0.580. The SMILES string of the molecule is C=Cc1cn([C@H]2C[C@H](OC(=O)c3cccnc3)[C@@H](CO[Si](C)(C)C(C)(C)C)O2)c(=O)[nH]c1=O. The Labute approximate surface area is 193 Å². The zero-order valence-electron chi connectivity index (χ0n) is 19.7. The first-order valence-corrected chi connectivity index (χ1v) is 13.7. The van der Waals surface area contributed by atoms with E-state index in [1.165, 1.54) is 23.0 Å². The second-order valence-corrected chi connectivity index (χ2v) is 14.4. The highest BCUT2D eigenvalue weighted by molar-refractivity contribution is 6.74. The molecule has 9 nitrogen and oxygen atoms in total. The first-order valence-electron chi connectivity index (χ1n) is 10.8. The summed E-state index contributed by atoms with van der Waals surface area (Å²) < 4.78 is 19.5. The molecule has 33 heavy (non-hydrogen) atoms. The molecule has 3 atom stereocenters. The van der Waals surface area contributed by atoms with Crippen LogP contribution in [0, 0.1) is 0 Å². The summed E-state index contributed by atoms with van der Waals surface area (Å²) in [6.07, 6.45) is 4.00. The van der Waals surface area contributed by atoms with E-state index in [0.717, 1.165) is 0 Å². The van der Waals surface area contributed by atoms with Gasteiger partial charge in [0.2, 0.25) is 0 Å². The van der Waals surface area contributed by atoms with Crippen LogP contribution >= 0.6 is 0 Å². The molecule has 10 heteroatoms. The molecule has 1 aliphatic heterocycles. The number of hydrogen-bond acceptors (Lipinski definition) is 7. The lowest BCUT2D eigenvalue weighted by molar-refractivity contribution is -0.0498. The summed E-state index contributed by atoms with van der Waals surface area (Å²) in [4.78, 5) is 43.3. The van der Waals surface area contributed by atoms with E-state index in [1.807, 2.05) is 0 Å². The Balaban J connectivity index is 1.86. The Bertz CT molecular complexity index is 1120. The fourth-order valence-electron chi connectivity index (χ4n) is 3.20. The number of carbonyl (C=O) groups is 1. The highest BCUT2D eigenvalue weighted by Crippen LogP contribution is 2.38. The van der Waals surface area contributed by atoms with Crippen LogP contribution in [0.25, 0.3) is 6.08 Å². The predicted octanol–water partition coefficient (Wildman–Crippen LogP) is 3.11. The van der Waals surface area contributed by atoms with Crippen LogP contribution in [0.3, 0.4) is 0 Å². The van der Waals surface area contributed by atoms with Gasteiger partial charge in [-0.3, -0.25) is 19.3 Å². The van der Waals surface area contributed by atoms with E-state index in [0.29, 0.717) is 5.56 Å². The molecule has 0 aromatic carbocycles. The minimum absolute atomic E-state index is 0.0123. The number of H-pyrrole nitrogens is 1. The standard InChI is InChI=1S/C23H31N3O6Si/c1-7-15-13-26(22(29)25-20(15)27)19-11-17(32-21(28)16-9-8-10-24-12-16)18(31-19)14-30-33(5,6)23(2,3)4/h7-10,12-13,17-19H,1,11,14H2,2-6H3,(H,25,27,29)/t17-,18+,19+/m0/s1. The molecule has 0 aliphatic carbocycles. The van der Waals surface area contributed by atoms with E-state index >= 15 is 0 Å². The van der Waals surface area contributed by atoms with Crippen molar-refractivity contribution in [2.45, 2.75) is 63.8 Å². The van der Waals surface area contributed by atoms with Crippen LogP contribution in [-0.4, -0.2) is 47.6 Å². The van der Waals surface area contributed by atoms with Crippen molar-refractivity contribution in [3.63, 3.8) is 0 Å². The first-order chi connectivity index (χ1) is 15.4. The molecule has 0 amide bonds. The van der Waals surface area contributed by atoms with Gasteiger partial charge < -0.3 is 13.9 Å². The molecular formula is C23H31N3O6Si. The number of nitrogens with zero attached hydrogens (tertiary/aromatic N) is 2. The third-order valence-electron chi connectivity index (χ3n) is 6.28. The van der Waals surface area contributed by atoms with E-state index in [4.69, 9.17) is 13.9 Å². The molecule has 2 aromatic heterocycles. The average Bonchev–Trinajstić information content (AvgIpc) is 3.14. The normalized spacial score (nSPS) is 21.1. The van der Waals surface area contributed by atoms with Gasteiger partial charge in [0, 0.05) is 25.0 Å². The van der Waals surface area contributed by atoms with Crippen LogP contribution in [0.4, 0.5) is 0 Å². The van der Waals surface area contributed by atoms with Crippen molar-refractivity contribution in [3.8, 4) is 0 Å². The highest BCUT2D eigenvalue weighted by Gasteiger charge is 2.43. The topological polar surface area (TPSA) is 113 Å². The predicted molar refractivity (Wildman–Crippen MR) is 127 cm³/mol. The average molecular weight is 474 g/mol. The van der Waals surface area contributed by atoms with Crippen molar-refractivity contribution in [3.05, 3.63) is 69.3 Å². The summed E-state index contributed by atoms with van der Waals surface area (Å²) >= 11 is 0. The number of ether oxygens (including phenoxy) is 2. The van der Waals surface area contributed by atoms with Crippen molar-refractivity contribution < 1.29 is 18.7 Å². The number of carbonyl (C=O) groups excluding carboxylic acids is 1. The minimum atomic E-state index is -2.10. The van der Waals surface area contributed by atoms with Gasteiger partial charge in [-0.1, -0.05) is 33.4 Å². The Kier molecular flexibility index (Phi) is 7.20. The summed E-state index contributed by atoms with van der Waals surface area (Å²) in [5.74, 6) is -0.532. The Morgan fingerprint density at radius 3 is 2.73 bits per heavy atom. The summed E-state index contributed by atoms with van der Waals surface area (Å²) in [6.45, 7) is 14.5. The highest BCUT2D eigenvalue weighted by atomic mass is 28.4. The second kappa shape index (κ2) is 9.58. The molecule has 3 rings (SSSR count). The molecule has 1 N–H and O–H groups in total. The van der Waals surface area contributed by atoms with Gasteiger partial charge in [0.05, 0.1) is 17.7 Å². The minimum Gasteiger partial charge on any atom is -0.456 e. The van der Waals surface area contributed by atoms with Crippen molar-refractivity contribution in [1.82, 2.24) is 14.5 Å². The smallest absolute Gasteiger partial charge is 0.340 e. The third-order valence-corrected chi connectivity index (χ3v) is 10.8.